The number of nitrogens with zero attached hydrogens (tertiary/aromatic N) is 3. The van der Waals surface area contributed by atoms with Gasteiger partial charge in [0, 0.05) is 35.7 Å². The number of carboxylic acids is 1. The molecular weight excluding hydrogens is 657 g/mol. The van der Waals surface area contributed by atoms with E-state index >= 15 is 4.39 Å². The van der Waals surface area contributed by atoms with Crippen LogP contribution in [0, 0.1) is 24.6 Å². The smallest absolute Gasteiger partial charge is 0.407 e. The minimum Gasteiger partial charge on any atom is -0.478 e. The number of rotatable bonds is 11. The summed E-state index contributed by atoms with van der Waals surface area (Å²) >= 11 is 0. The number of aryl methyl sites for hydroxylation is 1. The molecule has 13 nitrogen and oxygen atoms in total. The van der Waals surface area contributed by atoms with Crippen LogP contribution in [0.1, 0.15) is 67.9 Å². The molecule has 1 fully saturated rings. The summed E-state index contributed by atoms with van der Waals surface area (Å²) in [4.78, 5) is 50.7. The van der Waals surface area contributed by atoms with Gasteiger partial charge in [0.2, 0.25) is 17.6 Å². The lowest BCUT2D eigenvalue weighted by Crippen LogP contribution is -2.48. The molecule has 0 unspecified atom stereocenters. The van der Waals surface area contributed by atoms with E-state index in [4.69, 9.17) is 4.74 Å². The Hall–Kier alpha value is -5.66. The summed E-state index contributed by atoms with van der Waals surface area (Å²) in [6.45, 7) is 7.56. The third-order valence-electron chi connectivity index (χ3n) is 8.78. The zero-order chi connectivity index (χ0) is 36.7. The molecule has 1 aliphatic rings. The van der Waals surface area contributed by atoms with Crippen molar-refractivity contribution < 1.29 is 33.4 Å². The number of aromatic carboxylic acids is 1. The number of hydrogen-bond acceptors (Lipinski definition) is 8. The number of hydrogen-bond donors (Lipinski definition) is 5. The van der Waals surface area contributed by atoms with Gasteiger partial charge in [-0.15, -0.1) is 10.2 Å². The number of tetrazole rings is 1. The minimum absolute atomic E-state index is 0.0157. The topological polar surface area (TPSA) is 188 Å². The number of carboxylic acid groups (broad SMARTS) is 1. The van der Waals surface area contributed by atoms with Crippen LogP contribution in [0.5, 0.6) is 0 Å². The van der Waals surface area contributed by atoms with Crippen LogP contribution in [-0.4, -0.2) is 67.8 Å². The molecule has 5 N–H and O–H groups in total. The SMILES string of the molecule is Cc1cc(C(=O)O)ccc1-c1ccc(C[C@H](NC(=O)C2CCC(CNC(=O)OC(C)(C)C)CC2)C(=O)Nc2ccc(-c3nn[nH]n3)cc2)cc1F. The zero-order valence-corrected chi connectivity index (χ0v) is 29.0. The zero-order valence-electron chi connectivity index (χ0n) is 29.0. The van der Waals surface area contributed by atoms with E-state index in [0.29, 0.717) is 53.2 Å². The highest BCUT2D eigenvalue weighted by atomic mass is 19.1. The number of amides is 3. The number of carbonyl (C=O) groups is 4. The van der Waals surface area contributed by atoms with Crippen molar-refractivity contribution in [1.29, 1.82) is 0 Å². The fraction of sp³-hybridized carbons (Fsp3) is 0.378. The van der Waals surface area contributed by atoms with E-state index in [1.165, 1.54) is 18.2 Å². The molecule has 1 aromatic heterocycles. The molecule has 1 saturated carbocycles. The normalized spacial score (nSPS) is 16.5. The summed E-state index contributed by atoms with van der Waals surface area (Å²) in [5, 5.41) is 31.7. The van der Waals surface area contributed by atoms with E-state index in [1.54, 1.807) is 70.2 Å². The molecule has 3 aromatic carbocycles. The van der Waals surface area contributed by atoms with Gasteiger partial charge in [0.15, 0.2) is 0 Å². The standard InChI is InChI=1S/C37H42FN7O6/c1-21-17-26(35(48)49)12-16-28(21)29-15-7-23(18-30(29)38)19-31(34(47)40-27-13-10-24(11-14-27)32-42-44-45-43-32)41-33(46)25-8-5-22(6-9-25)20-39-36(50)51-37(2,3)4/h7,10-18,22,25,31H,5-6,8-9,19-20H2,1-4H3,(H,39,50)(H,40,47)(H,41,46)(H,48,49)(H,42,43,44,45)/t22?,25?,31-/m0/s1. The Labute approximate surface area is 294 Å². The Morgan fingerprint density at radius 2 is 1.69 bits per heavy atom. The molecule has 0 aliphatic heterocycles. The van der Waals surface area contributed by atoms with Gasteiger partial charge in [-0.2, -0.15) is 5.21 Å². The largest absolute Gasteiger partial charge is 0.478 e. The van der Waals surface area contributed by atoms with Crippen molar-refractivity contribution in [2.24, 2.45) is 11.8 Å². The predicted molar refractivity (Wildman–Crippen MR) is 187 cm³/mol. The van der Waals surface area contributed by atoms with Gasteiger partial charge in [0.05, 0.1) is 5.56 Å². The second kappa shape index (κ2) is 15.9. The summed E-state index contributed by atoms with van der Waals surface area (Å²) in [5.41, 5.74) is 2.61. The van der Waals surface area contributed by atoms with E-state index in [9.17, 15) is 24.3 Å². The molecule has 1 heterocycles. The fourth-order valence-electron chi connectivity index (χ4n) is 6.12. The van der Waals surface area contributed by atoms with E-state index in [0.717, 1.165) is 12.8 Å². The quantitative estimate of drug-likeness (QED) is 0.131. The maximum absolute atomic E-state index is 15.6. The van der Waals surface area contributed by atoms with Crippen molar-refractivity contribution in [3.05, 3.63) is 83.2 Å². The van der Waals surface area contributed by atoms with Gasteiger partial charge in [-0.25, -0.2) is 14.0 Å². The Morgan fingerprint density at radius 3 is 2.29 bits per heavy atom. The molecule has 0 spiro atoms. The van der Waals surface area contributed by atoms with Crippen LogP contribution >= 0.6 is 0 Å². The van der Waals surface area contributed by atoms with Crippen molar-refractivity contribution >= 4 is 29.6 Å². The van der Waals surface area contributed by atoms with Crippen molar-refractivity contribution in [2.75, 3.05) is 11.9 Å². The molecule has 14 heteroatoms. The number of benzene rings is 3. The van der Waals surface area contributed by atoms with Gasteiger partial charge in [0.1, 0.15) is 17.5 Å². The van der Waals surface area contributed by atoms with Crippen LogP contribution in [0.15, 0.2) is 60.7 Å². The van der Waals surface area contributed by atoms with Gasteiger partial charge in [0.25, 0.3) is 0 Å². The number of carbonyl (C=O) groups excluding carboxylic acids is 3. The average molecular weight is 700 g/mol. The molecule has 1 aliphatic carbocycles. The van der Waals surface area contributed by atoms with Crippen LogP contribution in [0.3, 0.4) is 0 Å². The van der Waals surface area contributed by atoms with Gasteiger partial charge in [-0.1, -0.05) is 18.2 Å². The van der Waals surface area contributed by atoms with E-state index < -0.39 is 35.4 Å². The molecule has 0 bridgehead atoms. The second-order valence-corrected chi connectivity index (χ2v) is 13.8. The van der Waals surface area contributed by atoms with Crippen LogP contribution < -0.4 is 16.0 Å². The average Bonchev–Trinajstić information content (AvgIpc) is 3.62. The Balaban J connectivity index is 1.28. The Morgan fingerprint density at radius 1 is 0.980 bits per heavy atom. The van der Waals surface area contributed by atoms with E-state index in [2.05, 4.69) is 36.6 Å². The summed E-state index contributed by atoms with van der Waals surface area (Å²) in [6.07, 6.45) is 2.15. The number of H-pyrrole nitrogens is 1. The molecule has 3 amide bonds. The van der Waals surface area contributed by atoms with Gasteiger partial charge < -0.3 is 25.8 Å². The maximum Gasteiger partial charge on any atom is 0.407 e. The molecule has 0 saturated heterocycles. The first-order valence-electron chi connectivity index (χ1n) is 16.8. The predicted octanol–water partition coefficient (Wildman–Crippen LogP) is 5.68. The lowest BCUT2D eigenvalue weighted by Gasteiger charge is -2.29. The first-order chi connectivity index (χ1) is 24.3. The summed E-state index contributed by atoms with van der Waals surface area (Å²) in [7, 11) is 0. The summed E-state index contributed by atoms with van der Waals surface area (Å²) < 4.78 is 20.9. The number of anilines is 1. The first-order valence-corrected chi connectivity index (χ1v) is 16.8. The van der Waals surface area contributed by atoms with Crippen LogP contribution in [0.2, 0.25) is 0 Å². The van der Waals surface area contributed by atoms with Crippen molar-refractivity contribution in [1.82, 2.24) is 31.3 Å². The lowest BCUT2D eigenvalue weighted by molar-refractivity contribution is -0.130. The minimum atomic E-state index is -1.07. The lowest BCUT2D eigenvalue weighted by atomic mass is 9.81. The highest BCUT2D eigenvalue weighted by Crippen LogP contribution is 2.30. The van der Waals surface area contributed by atoms with E-state index in [1.807, 2.05) is 0 Å². The third-order valence-corrected chi connectivity index (χ3v) is 8.78. The monoisotopic (exact) mass is 699 g/mol. The molecular formula is C37H42FN7O6. The Kier molecular flexibility index (Phi) is 11.4. The van der Waals surface area contributed by atoms with Gasteiger partial charge >= 0.3 is 12.1 Å². The number of ether oxygens (including phenoxy) is 1. The fourth-order valence-corrected chi connectivity index (χ4v) is 6.12. The van der Waals surface area contributed by atoms with Crippen LogP contribution in [-0.2, 0) is 20.7 Å². The van der Waals surface area contributed by atoms with Crippen molar-refractivity contribution in [3.63, 3.8) is 0 Å². The number of nitrogens with one attached hydrogen (secondary N) is 4. The highest BCUT2D eigenvalue weighted by molar-refractivity contribution is 5.98. The Bertz CT molecular complexity index is 1870. The van der Waals surface area contributed by atoms with Crippen molar-refractivity contribution in [2.45, 2.75) is 71.4 Å². The maximum atomic E-state index is 15.6. The second-order valence-electron chi connectivity index (χ2n) is 13.8. The first kappa shape index (κ1) is 36.6. The number of halogens is 1. The summed E-state index contributed by atoms with van der Waals surface area (Å²) in [6, 6.07) is 14.9. The third kappa shape index (κ3) is 9.96. The van der Waals surface area contributed by atoms with Gasteiger partial charge in [-0.05, 0) is 124 Å². The molecule has 0 radical (unpaired) electrons. The number of aromatic amines is 1. The van der Waals surface area contributed by atoms with Crippen LogP contribution in [0.4, 0.5) is 14.9 Å². The number of aromatic nitrogens is 4. The summed E-state index contributed by atoms with van der Waals surface area (Å²) in [5.74, 6) is -2.10. The molecule has 5 rings (SSSR count). The molecule has 51 heavy (non-hydrogen) atoms. The van der Waals surface area contributed by atoms with Gasteiger partial charge in [-0.3, -0.25) is 9.59 Å². The molecule has 268 valence electrons. The molecule has 1 atom stereocenters. The molecule has 4 aromatic rings. The highest BCUT2D eigenvalue weighted by Gasteiger charge is 2.30. The number of alkyl carbamates (subject to hydrolysis) is 1. The van der Waals surface area contributed by atoms with E-state index in [-0.39, 0.29) is 35.3 Å². The van der Waals surface area contributed by atoms with Crippen molar-refractivity contribution in [3.8, 4) is 22.5 Å². The van der Waals surface area contributed by atoms with Crippen LogP contribution in [0.25, 0.3) is 22.5 Å².